The summed E-state index contributed by atoms with van der Waals surface area (Å²) in [6.45, 7) is 1.99. The zero-order chi connectivity index (χ0) is 27.9. The lowest BCUT2D eigenvalue weighted by Gasteiger charge is -2.38. The molecule has 1 saturated heterocycles. The number of para-hydroxylation sites is 1. The van der Waals surface area contributed by atoms with Gasteiger partial charge in [-0.05, 0) is 25.1 Å². The van der Waals surface area contributed by atoms with Crippen molar-refractivity contribution in [1.29, 1.82) is 0 Å². The summed E-state index contributed by atoms with van der Waals surface area (Å²) in [5, 5.41) is 5.43. The van der Waals surface area contributed by atoms with Crippen LogP contribution >= 0.6 is 0 Å². The van der Waals surface area contributed by atoms with Gasteiger partial charge in [-0.1, -0.05) is 36.3 Å². The lowest BCUT2D eigenvalue weighted by Crippen LogP contribution is -2.57. The number of nitrogens with one attached hydrogen (secondary N) is 3. The van der Waals surface area contributed by atoms with Crippen molar-refractivity contribution in [2.75, 3.05) is 38.1 Å². The lowest BCUT2D eigenvalue weighted by molar-refractivity contribution is -0.141. The summed E-state index contributed by atoms with van der Waals surface area (Å²) in [5.41, 5.74) is 1.40. The summed E-state index contributed by atoms with van der Waals surface area (Å²) in [5.74, 6) is 0.206. The lowest BCUT2D eigenvalue weighted by atomic mass is 10.1. The number of piperazine rings is 1. The van der Waals surface area contributed by atoms with E-state index in [4.69, 9.17) is 11.2 Å². The molecule has 11 heteroatoms. The van der Waals surface area contributed by atoms with Crippen LogP contribution < -0.4 is 10.6 Å². The van der Waals surface area contributed by atoms with Gasteiger partial charge in [0.25, 0.3) is 17.6 Å². The number of ether oxygens (including phenoxy) is 1. The Morgan fingerprint density at radius 1 is 1.08 bits per heavy atom. The number of H-pyrrole nitrogens is 1. The van der Waals surface area contributed by atoms with Gasteiger partial charge in [-0.25, -0.2) is 4.79 Å². The fourth-order valence-electron chi connectivity index (χ4n) is 4.34. The van der Waals surface area contributed by atoms with E-state index in [9.17, 15) is 24.0 Å². The summed E-state index contributed by atoms with van der Waals surface area (Å²) in [4.78, 5) is 68.9. The normalized spacial score (nSPS) is 14.8. The van der Waals surface area contributed by atoms with Gasteiger partial charge in [0.1, 0.15) is 12.6 Å². The number of anilines is 1. The molecule has 2 heterocycles. The van der Waals surface area contributed by atoms with Crippen LogP contribution in [0.4, 0.5) is 10.5 Å². The Morgan fingerprint density at radius 3 is 2.56 bits per heavy atom. The number of Topliss-reactive ketones (excluding diaryl/α,β-unsaturated/α-hetero) is 1. The SMILES string of the molecule is C#CC1CN(C(=O)c2ccccc2)CCN1C(=O)C(=O)c1c[nH]c2c(NC(=O)NCC(=O)OCC)cccc12. The zero-order valence-electron chi connectivity index (χ0n) is 21.2. The fourth-order valence-corrected chi connectivity index (χ4v) is 4.34. The monoisotopic (exact) mass is 529 g/mol. The molecule has 4 amide bonds. The molecule has 4 rings (SSSR count). The van der Waals surface area contributed by atoms with Crippen molar-refractivity contribution in [2.45, 2.75) is 13.0 Å². The Morgan fingerprint density at radius 2 is 1.85 bits per heavy atom. The number of hydrogen-bond donors (Lipinski definition) is 3. The van der Waals surface area contributed by atoms with Gasteiger partial charge in [0.05, 0.1) is 29.9 Å². The molecule has 200 valence electrons. The fraction of sp³-hybridized carbons (Fsp3) is 0.250. The van der Waals surface area contributed by atoms with E-state index in [2.05, 4.69) is 21.5 Å². The number of fused-ring (bicyclic) bond motifs is 1. The maximum absolute atomic E-state index is 13.3. The van der Waals surface area contributed by atoms with Crippen LogP contribution in [0, 0.1) is 12.3 Å². The number of carbonyl (C=O) groups is 5. The molecule has 1 aliphatic heterocycles. The van der Waals surface area contributed by atoms with Crippen LogP contribution in [0.3, 0.4) is 0 Å². The third-order valence-corrected chi connectivity index (χ3v) is 6.24. The van der Waals surface area contributed by atoms with Crippen molar-refractivity contribution in [1.82, 2.24) is 20.1 Å². The molecule has 1 atom stereocenters. The van der Waals surface area contributed by atoms with E-state index in [1.165, 1.54) is 11.1 Å². The quantitative estimate of drug-likeness (QED) is 0.185. The Labute approximate surface area is 224 Å². The molecule has 2 aromatic carbocycles. The van der Waals surface area contributed by atoms with E-state index in [0.29, 0.717) is 22.2 Å². The molecule has 1 unspecified atom stereocenters. The van der Waals surface area contributed by atoms with Crippen molar-refractivity contribution in [3.63, 3.8) is 0 Å². The molecule has 39 heavy (non-hydrogen) atoms. The molecule has 0 radical (unpaired) electrons. The van der Waals surface area contributed by atoms with Gasteiger partial charge in [-0.15, -0.1) is 6.42 Å². The zero-order valence-corrected chi connectivity index (χ0v) is 21.2. The van der Waals surface area contributed by atoms with Crippen molar-refractivity contribution >= 4 is 46.2 Å². The maximum atomic E-state index is 13.3. The summed E-state index contributed by atoms with van der Waals surface area (Å²) in [6.07, 6.45) is 7.09. The van der Waals surface area contributed by atoms with Crippen LogP contribution in [0.25, 0.3) is 10.9 Å². The molecule has 0 aliphatic carbocycles. The molecular weight excluding hydrogens is 502 g/mol. The minimum absolute atomic E-state index is 0.103. The van der Waals surface area contributed by atoms with Gasteiger partial charge >= 0.3 is 12.0 Å². The average molecular weight is 530 g/mol. The topological polar surface area (TPSA) is 141 Å². The number of rotatable bonds is 7. The maximum Gasteiger partial charge on any atom is 0.325 e. The number of carbonyl (C=O) groups excluding carboxylic acids is 5. The van der Waals surface area contributed by atoms with E-state index in [-0.39, 0.29) is 44.3 Å². The number of urea groups is 1. The minimum Gasteiger partial charge on any atom is -0.465 e. The second kappa shape index (κ2) is 12.0. The molecule has 0 bridgehead atoms. The Bertz CT molecular complexity index is 1460. The van der Waals surface area contributed by atoms with Gasteiger partial charge in [0, 0.05) is 30.2 Å². The average Bonchev–Trinajstić information content (AvgIpc) is 3.40. The van der Waals surface area contributed by atoms with Crippen LogP contribution in [-0.4, -0.2) is 83.2 Å². The van der Waals surface area contributed by atoms with Crippen LogP contribution in [0.5, 0.6) is 0 Å². The molecule has 3 N–H and O–H groups in total. The second-order valence-electron chi connectivity index (χ2n) is 8.67. The third kappa shape index (κ3) is 5.91. The van der Waals surface area contributed by atoms with Gasteiger partial charge in [0.15, 0.2) is 0 Å². The molecule has 1 aromatic heterocycles. The molecule has 1 fully saturated rings. The van der Waals surface area contributed by atoms with Crippen molar-refractivity contribution in [3.8, 4) is 12.3 Å². The van der Waals surface area contributed by atoms with Crippen LogP contribution in [0.2, 0.25) is 0 Å². The number of hydrogen-bond acceptors (Lipinski definition) is 6. The number of aromatic nitrogens is 1. The highest BCUT2D eigenvalue weighted by Crippen LogP contribution is 2.26. The first-order chi connectivity index (χ1) is 18.8. The van der Waals surface area contributed by atoms with Crippen LogP contribution in [-0.2, 0) is 14.3 Å². The van der Waals surface area contributed by atoms with Crippen molar-refractivity contribution in [2.24, 2.45) is 0 Å². The molecular formula is C28H27N5O6. The van der Waals surface area contributed by atoms with E-state index >= 15 is 0 Å². The predicted octanol–water partition coefficient (Wildman–Crippen LogP) is 2.02. The van der Waals surface area contributed by atoms with Gasteiger partial charge < -0.3 is 30.2 Å². The van der Waals surface area contributed by atoms with E-state index in [1.54, 1.807) is 54.3 Å². The Balaban J connectivity index is 1.46. The second-order valence-corrected chi connectivity index (χ2v) is 8.67. The van der Waals surface area contributed by atoms with Gasteiger partial charge in [-0.2, -0.15) is 0 Å². The minimum atomic E-state index is -0.781. The molecule has 3 aromatic rings. The molecule has 11 nitrogen and oxygen atoms in total. The third-order valence-electron chi connectivity index (χ3n) is 6.24. The molecule has 1 aliphatic rings. The molecule has 0 saturated carbocycles. The highest BCUT2D eigenvalue weighted by molar-refractivity contribution is 6.45. The van der Waals surface area contributed by atoms with E-state index in [0.717, 1.165) is 0 Å². The highest BCUT2D eigenvalue weighted by atomic mass is 16.5. The number of esters is 1. The molecule has 0 spiro atoms. The number of benzene rings is 2. The van der Waals surface area contributed by atoms with Gasteiger partial charge in [0.2, 0.25) is 0 Å². The van der Waals surface area contributed by atoms with Crippen LogP contribution in [0.15, 0.2) is 54.7 Å². The number of amides is 4. The smallest absolute Gasteiger partial charge is 0.325 e. The summed E-state index contributed by atoms with van der Waals surface area (Å²) < 4.78 is 4.78. The summed E-state index contributed by atoms with van der Waals surface area (Å²) >= 11 is 0. The number of aromatic amines is 1. The Hall–Kier alpha value is -5.11. The number of ketones is 1. The van der Waals surface area contributed by atoms with Crippen molar-refractivity contribution < 1.29 is 28.7 Å². The van der Waals surface area contributed by atoms with Crippen molar-refractivity contribution in [3.05, 3.63) is 65.9 Å². The van der Waals surface area contributed by atoms with Crippen LogP contribution in [0.1, 0.15) is 27.6 Å². The van der Waals surface area contributed by atoms with E-state index in [1.807, 2.05) is 6.07 Å². The number of nitrogens with zero attached hydrogens (tertiary/aromatic N) is 2. The largest absolute Gasteiger partial charge is 0.465 e. The summed E-state index contributed by atoms with van der Waals surface area (Å²) in [7, 11) is 0. The predicted molar refractivity (Wildman–Crippen MR) is 143 cm³/mol. The Kier molecular flexibility index (Phi) is 8.26. The number of terminal acetylenes is 1. The van der Waals surface area contributed by atoms with Gasteiger partial charge in [-0.3, -0.25) is 19.2 Å². The first kappa shape index (κ1) is 26.9. The van der Waals surface area contributed by atoms with E-state index < -0.39 is 29.7 Å². The highest BCUT2D eigenvalue weighted by Gasteiger charge is 2.35. The first-order valence-electron chi connectivity index (χ1n) is 12.3. The summed E-state index contributed by atoms with van der Waals surface area (Å²) in [6, 6.07) is 12.2. The standard InChI is InChI=1S/C28H27N5O6/c1-3-19-17-32(26(36)18-9-6-5-7-10-18)13-14-33(19)27(37)25(35)21-15-29-24-20(21)11-8-12-22(24)31-28(38)30-16-23(34)39-4-2/h1,5-12,15,19,29H,4,13-14,16-17H2,2H3,(H2,30,31,38). The first-order valence-corrected chi connectivity index (χ1v) is 12.3.